The Kier molecular flexibility index (Phi) is 5.65. The van der Waals surface area contributed by atoms with E-state index in [9.17, 15) is 19.5 Å². The van der Waals surface area contributed by atoms with E-state index in [2.05, 4.69) is 0 Å². The van der Waals surface area contributed by atoms with Crippen LogP contribution >= 0.6 is 0 Å². The molecule has 2 fully saturated rings. The van der Waals surface area contributed by atoms with Gasteiger partial charge in [0.1, 0.15) is 6.04 Å². The lowest BCUT2D eigenvalue weighted by Crippen LogP contribution is -2.65. The Labute approximate surface area is 152 Å². The average Bonchev–Trinajstić information content (AvgIpc) is 2.89. The monoisotopic (exact) mass is 372 g/mol. The van der Waals surface area contributed by atoms with Crippen LogP contribution in [0.2, 0.25) is 0 Å². The first-order valence-corrected chi connectivity index (χ1v) is 8.73. The number of carboxylic acids is 1. The highest BCUT2D eigenvalue weighted by Crippen LogP contribution is 2.39. The minimum atomic E-state index is -1.99. The van der Waals surface area contributed by atoms with Crippen LogP contribution in [-0.2, 0) is 28.6 Å². The Balaban J connectivity index is 2.38. The van der Waals surface area contributed by atoms with E-state index in [0.29, 0.717) is 6.42 Å². The lowest BCUT2D eigenvalue weighted by atomic mass is 9.85. The summed E-state index contributed by atoms with van der Waals surface area (Å²) in [5.74, 6) is -4.73. The predicted molar refractivity (Wildman–Crippen MR) is 90.0 cm³/mol. The van der Waals surface area contributed by atoms with Gasteiger partial charge < -0.3 is 30.0 Å². The zero-order valence-electron chi connectivity index (χ0n) is 15.9. The molecule has 2 aliphatic rings. The van der Waals surface area contributed by atoms with Crippen LogP contribution < -0.4 is 5.73 Å². The summed E-state index contributed by atoms with van der Waals surface area (Å²) in [4.78, 5) is 38.2. The van der Waals surface area contributed by atoms with E-state index in [1.54, 1.807) is 13.8 Å². The number of hydrogen-bond donors (Lipinski definition) is 2. The molecule has 148 valence electrons. The second-order valence-electron chi connectivity index (χ2n) is 7.51. The van der Waals surface area contributed by atoms with Crippen molar-refractivity contribution in [2.24, 2.45) is 11.7 Å². The number of hydrogen-bond acceptors (Lipinski definition) is 7. The number of nitrogens with two attached hydrogens (primary N) is 1. The lowest BCUT2D eigenvalue weighted by Gasteiger charge is -2.41. The van der Waals surface area contributed by atoms with Crippen molar-refractivity contribution in [2.45, 2.75) is 70.1 Å². The number of nitrogens with zero attached hydrogens (tertiary/aromatic N) is 1. The molecule has 0 bridgehead atoms. The molecule has 0 radical (unpaired) electrons. The van der Waals surface area contributed by atoms with E-state index in [1.807, 2.05) is 13.8 Å². The SMILES string of the molecule is COC(=O)[C@@](N)(C(=O)N1CC2(C[C@H]1C(=O)O)O[C@@H](C)C[C@H](C)O2)C(C)C. The van der Waals surface area contributed by atoms with Crippen molar-refractivity contribution >= 4 is 17.8 Å². The van der Waals surface area contributed by atoms with Crippen molar-refractivity contribution in [3.63, 3.8) is 0 Å². The van der Waals surface area contributed by atoms with E-state index >= 15 is 0 Å². The zero-order valence-corrected chi connectivity index (χ0v) is 15.9. The number of likely N-dealkylation sites (tertiary alicyclic amines) is 1. The molecule has 26 heavy (non-hydrogen) atoms. The molecule has 0 saturated carbocycles. The van der Waals surface area contributed by atoms with Crippen LogP contribution in [0, 0.1) is 5.92 Å². The van der Waals surface area contributed by atoms with Gasteiger partial charge in [-0.1, -0.05) is 13.8 Å². The molecule has 1 amide bonds. The van der Waals surface area contributed by atoms with Gasteiger partial charge in [-0.3, -0.25) is 4.79 Å². The number of methoxy groups -OCH3 is 1. The van der Waals surface area contributed by atoms with Crippen LogP contribution in [0.25, 0.3) is 0 Å². The summed E-state index contributed by atoms with van der Waals surface area (Å²) in [6, 6.07) is -1.20. The Hall–Kier alpha value is -1.71. The van der Waals surface area contributed by atoms with Crippen LogP contribution in [0.4, 0.5) is 0 Å². The predicted octanol–water partition coefficient (Wildman–Crippen LogP) is 0.109. The number of rotatable bonds is 4. The largest absolute Gasteiger partial charge is 0.480 e. The quantitative estimate of drug-likeness (QED) is 0.525. The molecule has 2 heterocycles. The number of carboxylic acid groups (broad SMARTS) is 1. The number of carbonyl (C=O) groups is 3. The molecule has 2 saturated heterocycles. The smallest absolute Gasteiger partial charge is 0.335 e. The Morgan fingerprint density at radius 2 is 1.81 bits per heavy atom. The first-order chi connectivity index (χ1) is 12.0. The Morgan fingerprint density at radius 1 is 1.27 bits per heavy atom. The van der Waals surface area contributed by atoms with E-state index in [1.165, 1.54) is 0 Å². The second-order valence-corrected chi connectivity index (χ2v) is 7.51. The van der Waals surface area contributed by atoms with E-state index in [0.717, 1.165) is 12.0 Å². The van der Waals surface area contributed by atoms with Crippen LogP contribution in [0.15, 0.2) is 0 Å². The van der Waals surface area contributed by atoms with Gasteiger partial charge in [0, 0.05) is 6.42 Å². The number of carbonyl (C=O) groups excluding carboxylic acids is 2. The molecule has 3 N–H and O–H groups in total. The van der Waals surface area contributed by atoms with Crippen molar-refractivity contribution in [3.05, 3.63) is 0 Å². The highest BCUT2D eigenvalue weighted by atomic mass is 16.7. The third-order valence-corrected chi connectivity index (χ3v) is 5.12. The molecule has 0 aliphatic carbocycles. The molecule has 0 unspecified atom stereocenters. The van der Waals surface area contributed by atoms with E-state index < -0.39 is 41.1 Å². The van der Waals surface area contributed by atoms with Gasteiger partial charge in [0.25, 0.3) is 5.91 Å². The Morgan fingerprint density at radius 3 is 2.23 bits per heavy atom. The maximum atomic E-state index is 13.1. The highest BCUT2D eigenvalue weighted by molar-refractivity contribution is 6.08. The minimum absolute atomic E-state index is 0.0297. The zero-order chi connectivity index (χ0) is 19.9. The maximum Gasteiger partial charge on any atom is 0.335 e. The molecule has 0 aromatic carbocycles. The summed E-state index contributed by atoms with van der Waals surface area (Å²) >= 11 is 0. The van der Waals surface area contributed by atoms with Crippen molar-refractivity contribution in [3.8, 4) is 0 Å². The van der Waals surface area contributed by atoms with Crippen LogP contribution in [0.1, 0.15) is 40.5 Å². The number of aliphatic carboxylic acids is 1. The fourth-order valence-electron chi connectivity index (χ4n) is 3.74. The molecule has 0 aromatic heterocycles. The number of amides is 1. The van der Waals surface area contributed by atoms with Gasteiger partial charge >= 0.3 is 11.9 Å². The fraction of sp³-hybridized carbons (Fsp3) is 0.824. The van der Waals surface area contributed by atoms with Crippen molar-refractivity contribution in [2.75, 3.05) is 13.7 Å². The summed E-state index contributed by atoms with van der Waals surface area (Å²) < 4.78 is 16.5. The van der Waals surface area contributed by atoms with Crippen LogP contribution in [-0.4, -0.2) is 71.1 Å². The summed E-state index contributed by atoms with van der Waals surface area (Å²) in [6.07, 6.45) is 0.355. The molecular weight excluding hydrogens is 344 g/mol. The topological polar surface area (TPSA) is 128 Å². The fourth-order valence-corrected chi connectivity index (χ4v) is 3.74. The van der Waals surface area contributed by atoms with Crippen molar-refractivity contribution in [1.82, 2.24) is 4.90 Å². The summed E-state index contributed by atoms with van der Waals surface area (Å²) in [7, 11) is 1.14. The molecule has 2 rings (SSSR count). The van der Waals surface area contributed by atoms with Gasteiger partial charge in [0.15, 0.2) is 11.3 Å². The molecule has 0 aromatic rings. The van der Waals surface area contributed by atoms with Crippen LogP contribution in [0.3, 0.4) is 0 Å². The lowest BCUT2D eigenvalue weighted by molar-refractivity contribution is -0.303. The second kappa shape index (κ2) is 7.13. The molecular formula is C17H28N2O7. The van der Waals surface area contributed by atoms with Crippen molar-refractivity contribution < 1.29 is 33.7 Å². The van der Waals surface area contributed by atoms with Gasteiger partial charge in [0.05, 0.1) is 25.9 Å². The molecule has 2 aliphatic heterocycles. The number of esters is 1. The maximum absolute atomic E-state index is 13.1. The minimum Gasteiger partial charge on any atom is -0.480 e. The first kappa shape index (κ1) is 20.6. The first-order valence-electron chi connectivity index (χ1n) is 8.73. The molecule has 9 heteroatoms. The molecule has 1 spiro atoms. The standard InChI is InChI=1S/C17H28N2O7/c1-9(2)17(18,15(23)24-5)14(22)19-8-16(7-12(19)13(20)21)25-10(3)6-11(4)26-16/h9-12H,6-8,18H2,1-5H3,(H,20,21)/t10-,11-,12-,17-/m0/s1. The van der Waals surface area contributed by atoms with E-state index in [4.69, 9.17) is 19.9 Å². The third-order valence-electron chi connectivity index (χ3n) is 5.12. The molecule has 9 nitrogen and oxygen atoms in total. The van der Waals surface area contributed by atoms with Gasteiger partial charge in [-0.2, -0.15) is 0 Å². The summed E-state index contributed by atoms with van der Waals surface area (Å²) in [5, 5.41) is 9.62. The highest BCUT2D eigenvalue weighted by Gasteiger charge is 2.58. The van der Waals surface area contributed by atoms with Gasteiger partial charge in [-0.15, -0.1) is 0 Å². The summed E-state index contributed by atoms with van der Waals surface area (Å²) in [5.41, 5.74) is 4.13. The Bertz CT molecular complexity index is 584. The van der Waals surface area contributed by atoms with Gasteiger partial charge in [-0.05, 0) is 26.2 Å². The van der Waals surface area contributed by atoms with Gasteiger partial charge in [0.2, 0.25) is 0 Å². The van der Waals surface area contributed by atoms with Crippen molar-refractivity contribution in [1.29, 1.82) is 0 Å². The number of ether oxygens (including phenoxy) is 3. The normalized spacial score (nSPS) is 34.0. The summed E-state index contributed by atoms with van der Waals surface area (Å²) in [6.45, 7) is 6.84. The van der Waals surface area contributed by atoms with Crippen LogP contribution in [0.5, 0.6) is 0 Å². The molecule has 4 atom stereocenters. The average molecular weight is 372 g/mol. The third kappa shape index (κ3) is 3.43. The van der Waals surface area contributed by atoms with Gasteiger partial charge in [-0.25, -0.2) is 9.59 Å². The van der Waals surface area contributed by atoms with E-state index in [-0.39, 0.29) is 25.2 Å².